The fraction of sp³-hybridized carbons (Fsp3) is 0.667. The molecule has 0 unspecified atom stereocenters. The molecule has 0 aliphatic heterocycles. The van der Waals surface area contributed by atoms with Crippen molar-refractivity contribution in [3.05, 3.63) is 0 Å². The molecule has 9 nitrogen and oxygen atoms in total. The van der Waals surface area contributed by atoms with Gasteiger partial charge in [-0.1, -0.05) is 0 Å². The molecule has 0 aliphatic rings. The smallest absolute Gasteiger partial charge is 0.304 e. The molecular weight excluding hydrogens is 288 g/mol. The highest BCUT2D eigenvalue weighted by Crippen LogP contribution is 2.24. The van der Waals surface area contributed by atoms with Crippen molar-refractivity contribution in [2.45, 2.75) is 44.7 Å². The highest BCUT2D eigenvalue weighted by Gasteiger charge is 2.57. The summed E-state index contributed by atoms with van der Waals surface area (Å²) in [7, 11) is 0. The molecule has 0 spiro atoms. The number of esters is 1. The third-order valence-electron chi connectivity index (χ3n) is 2.81. The normalized spacial score (nSPS) is 18.0. The lowest BCUT2D eigenvalue weighted by atomic mass is 9.81. The number of Topliss-reactive ketones (excluding diaryl/α,β-unsaturated/α-hetero) is 3. The number of carbonyl (C=O) groups is 4. The van der Waals surface area contributed by atoms with E-state index in [1.807, 2.05) is 0 Å². The molecule has 0 fully saturated rings. The molecule has 0 aromatic heterocycles. The summed E-state index contributed by atoms with van der Waals surface area (Å²) in [6.45, 7) is 1.38. The van der Waals surface area contributed by atoms with Gasteiger partial charge >= 0.3 is 5.97 Å². The summed E-state index contributed by atoms with van der Waals surface area (Å²) in [6.07, 6.45) is -6.56. The van der Waals surface area contributed by atoms with Gasteiger partial charge in [0, 0.05) is 13.8 Å². The average molecular weight is 306 g/mol. The number of hydrogen-bond donors (Lipinski definition) is 4. The molecule has 0 heterocycles. The third kappa shape index (κ3) is 3.91. The molecule has 4 N–H and O–H groups in total. The number of aliphatic hydroxyl groups excluding tert-OH is 4. The maximum Gasteiger partial charge on any atom is 0.304 e. The van der Waals surface area contributed by atoms with E-state index in [-0.39, 0.29) is 0 Å². The van der Waals surface area contributed by atoms with Gasteiger partial charge in [0.25, 0.3) is 11.4 Å². The minimum Gasteiger partial charge on any atom is -0.440 e. The highest BCUT2D eigenvalue weighted by atomic mass is 16.6. The molecule has 0 radical (unpaired) electrons. The van der Waals surface area contributed by atoms with Crippen molar-refractivity contribution in [1.29, 1.82) is 0 Å². The number of carbonyl (C=O) groups excluding carboxylic acids is 4. The van der Waals surface area contributed by atoms with Gasteiger partial charge in [-0.25, -0.2) is 0 Å². The molecule has 0 rings (SSSR count). The molecule has 21 heavy (non-hydrogen) atoms. The van der Waals surface area contributed by atoms with Crippen LogP contribution in [0.4, 0.5) is 0 Å². The Morgan fingerprint density at radius 3 is 1.81 bits per heavy atom. The Kier molecular flexibility index (Phi) is 6.77. The van der Waals surface area contributed by atoms with Crippen LogP contribution >= 0.6 is 0 Å². The van der Waals surface area contributed by atoms with Crippen molar-refractivity contribution in [2.24, 2.45) is 0 Å². The largest absolute Gasteiger partial charge is 0.440 e. The molecule has 0 aromatic carbocycles. The summed E-state index contributed by atoms with van der Waals surface area (Å²) < 4.78 is 4.54. The van der Waals surface area contributed by atoms with E-state index in [0.717, 1.165) is 20.8 Å². The first-order chi connectivity index (χ1) is 9.52. The topological polar surface area (TPSA) is 158 Å². The molecule has 0 saturated heterocycles. The first kappa shape index (κ1) is 19.3. The van der Waals surface area contributed by atoms with Crippen molar-refractivity contribution in [2.75, 3.05) is 6.61 Å². The van der Waals surface area contributed by atoms with Gasteiger partial charge in [-0.05, 0) is 6.92 Å². The Morgan fingerprint density at radius 1 is 1.05 bits per heavy atom. The Morgan fingerprint density at radius 2 is 1.52 bits per heavy atom. The van der Waals surface area contributed by atoms with Gasteiger partial charge in [0.05, 0.1) is 6.61 Å². The number of rotatable bonds is 8. The van der Waals surface area contributed by atoms with Crippen LogP contribution in [-0.2, 0) is 23.9 Å². The van der Waals surface area contributed by atoms with E-state index in [9.17, 15) is 34.5 Å². The molecule has 0 bridgehead atoms. The van der Waals surface area contributed by atoms with Crippen molar-refractivity contribution in [1.82, 2.24) is 0 Å². The Hall–Kier alpha value is -1.68. The molecule has 0 aromatic rings. The Balaban J connectivity index is 5.99. The lowest BCUT2D eigenvalue weighted by Gasteiger charge is -2.36. The second-order valence-electron chi connectivity index (χ2n) is 4.46. The Bertz CT molecular complexity index is 444. The maximum atomic E-state index is 11.9. The summed E-state index contributed by atoms with van der Waals surface area (Å²) >= 11 is 0. The number of hydrogen-bond acceptors (Lipinski definition) is 9. The lowest BCUT2D eigenvalue weighted by molar-refractivity contribution is -0.197. The number of ether oxygens (including phenoxy) is 1. The monoisotopic (exact) mass is 306 g/mol. The summed E-state index contributed by atoms with van der Waals surface area (Å²) in [5.41, 5.74) is -2.98. The van der Waals surface area contributed by atoms with Crippen LogP contribution in [0.3, 0.4) is 0 Å². The maximum absolute atomic E-state index is 11.9. The minimum atomic E-state index is -2.98. The van der Waals surface area contributed by atoms with Crippen LogP contribution in [0.15, 0.2) is 0 Å². The lowest BCUT2D eigenvalue weighted by Crippen LogP contribution is -2.65. The van der Waals surface area contributed by atoms with E-state index in [1.165, 1.54) is 0 Å². The molecule has 0 saturated carbocycles. The van der Waals surface area contributed by atoms with Gasteiger partial charge in [-0.2, -0.15) is 0 Å². The van der Waals surface area contributed by atoms with E-state index in [4.69, 9.17) is 5.11 Å². The number of aliphatic hydroxyl groups is 4. The molecular formula is C12H18O9. The van der Waals surface area contributed by atoms with Crippen LogP contribution in [0.5, 0.6) is 0 Å². The SMILES string of the molecule is CC(=O)O[C@@](C(C)=O)(C(=O)C(C)=O)[C@@H](O)[C@H](O)[C@H](O)CO. The first-order valence-corrected chi connectivity index (χ1v) is 5.93. The van der Waals surface area contributed by atoms with Gasteiger partial charge in [0.15, 0.2) is 11.6 Å². The summed E-state index contributed by atoms with van der Waals surface area (Å²) in [6, 6.07) is 0. The zero-order valence-corrected chi connectivity index (χ0v) is 11.8. The van der Waals surface area contributed by atoms with Crippen LogP contribution < -0.4 is 0 Å². The zero-order chi connectivity index (χ0) is 17.0. The molecule has 0 aliphatic carbocycles. The van der Waals surface area contributed by atoms with Crippen LogP contribution in [0, 0.1) is 0 Å². The Labute approximate surface area is 120 Å². The first-order valence-electron chi connectivity index (χ1n) is 5.93. The van der Waals surface area contributed by atoms with Crippen molar-refractivity contribution < 1.29 is 44.3 Å². The average Bonchev–Trinajstić information content (AvgIpc) is 2.40. The molecule has 0 amide bonds. The van der Waals surface area contributed by atoms with Crippen LogP contribution in [-0.4, -0.2) is 74.3 Å². The molecule has 4 atom stereocenters. The second kappa shape index (κ2) is 7.36. The van der Waals surface area contributed by atoms with E-state index >= 15 is 0 Å². The molecule has 9 heteroatoms. The van der Waals surface area contributed by atoms with Gasteiger partial charge in [-0.3, -0.25) is 19.2 Å². The molecule has 120 valence electrons. The van der Waals surface area contributed by atoms with Crippen LogP contribution in [0.2, 0.25) is 0 Å². The van der Waals surface area contributed by atoms with Crippen molar-refractivity contribution in [3.63, 3.8) is 0 Å². The van der Waals surface area contributed by atoms with Crippen LogP contribution in [0.1, 0.15) is 20.8 Å². The zero-order valence-electron chi connectivity index (χ0n) is 11.8. The van der Waals surface area contributed by atoms with Gasteiger partial charge < -0.3 is 25.2 Å². The summed E-state index contributed by atoms with van der Waals surface area (Å²) in [5.74, 6) is -5.13. The van der Waals surface area contributed by atoms with E-state index in [2.05, 4.69) is 4.74 Å². The fourth-order valence-electron chi connectivity index (χ4n) is 1.73. The third-order valence-corrected chi connectivity index (χ3v) is 2.81. The quantitative estimate of drug-likeness (QED) is 0.210. The van der Waals surface area contributed by atoms with Crippen molar-refractivity contribution in [3.8, 4) is 0 Å². The van der Waals surface area contributed by atoms with E-state index in [0.29, 0.717) is 0 Å². The van der Waals surface area contributed by atoms with E-state index < -0.39 is 53.8 Å². The standard InChI is InChI=1S/C12H18O9/c1-5(14)10(19)12(6(2)15,21-7(3)16)11(20)9(18)8(17)4-13/h8-9,11,13,17-18,20H,4H2,1-3H3/t8-,9-,11+,12+/m1/s1. The fourth-order valence-corrected chi connectivity index (χ4v) is 1.73. The van der Waals surface area contributed by atoms with E-state index in [1.54, 1.807) is 0 Å². The van der Waals surface area contributed by atoms with Crippen molar-refractivity contribution >= 4 is 23.3 Å². The predicted molar refractivity (Wildman–Crippen MR) is 66.0 cm³/mol. The number of ketones is 3. The summed E-state index contributed by atoms with van der Waals surface area (Å²) in [4.78, 5) is 46.0. The second-order valence-corrected chi connectivity index (χ2v) is 4.46. The predicted octanol–water partition coefficient (Wildman–Crippen LogP) is -2.89. The van der Waals surface area contributed by atoms with Crippen LogP contribution in [0.25, 0.3) is 0 Å². The summed E-state index contributed by atoms with van der Waals surface area (Å²) in [5, 5.41) is 37.6. The van der Waals surface area contributed by atoms with Gasteiger partial charge in [0.1, 0.15) is 18.3 Å². The highest BCUT2D eigenvalue weighted by molar-refractivity contribution is 6.44. The van der Waals surface area contributed by atoms with Gasteiger partial charge in [-0.15, -0.1) is 0 Å². The van der Waals surface area contributed by atoms with Gasteiger partial charge in [0.2, 0.25) is 0 Å². The minimum absolute atomic E-state index is 0.769.